The summed E-state index contributed by atoms with van der Waals surface area (Å²) in [4.78, 5) is 35.0. The van der Waals surface area contributed by atoms with Crippen molar-refractivity contribution in [2.24, 2.45) is 5.92 Å². The molecular formula is C28H30N6O4. The zero-order valence-corrected chi connectivity index (χ0v) is 21.7. The fraction of sp³-hybridized carbons (Fsp3) is 0.321. The van der Waals surface area contributed by atoms with Gasteiger partial charge in [-0.25, -0.2) is 9.97 Å². The number of carbonyl (C=O) groups excluding carboxylic acids is 2. The number of hydrogen-bond donors (Lipinski definition) is 2. The van der Waals surface area contributed by atoms with Crippen molar-refractivity contribution in [1.82, 2.24) is 20.2 Å². The zero-order chi connectivity index (χ0) is 27.1. The topological polar surface area (TPSA) is 129 Å². The van der Waals surface area contributed by atoms with Crippen molar-refractivity contribution in [1.29, 1.82) is 5.26 Å². The molecule has 2 amide bonds. The highest BCUT2D eigenvalue weighted by Crippen LogP contribution is 2.29. The van der Waals surface area contributed by atoms with Crippen LogP contribution in [0.5, 0.6) is 11.5 Å². The van der Waals surface area contributed by atoms with E-state index in [9.17, 15) is 14.9 Å². The number of carbonyl (C=O) groups is 2. The lowest BCUT2D eigenvalue weighted by Gasteiger charge is -2.31. The third-order valence-electron chi connectivity index (χ3n) is 6.63. The van der Waals surface area contributed by atoms with E-state index >= 15 is 0 Å². The summed E-state index contributed by atoms with van der Waals surface area (Å²) in [6.07, 6.45) is 5.07. The number of nitrogens with one attached hydrogen (secondary N) is 2. The molecule has 1 aliphatic heterocycles. The standard InChI is InChI=1S/C28H30N6O4/c1-18(35)34-10-8-19(9-11-34)15-30-27(36)21-6-7-25(37-2)24(12-21)33-28-31-16-23(17-32-28)20-4-5-22(14-29)26(13-20)38-3/h4-7,12-13,16-17,19H,8-11,15H2,1-3H3,(H,30,36)(H,31,32,33). The van der Waals surface area contributed by atoms with Crippen molar-refractivity contribution in [3.63, 3.8) is 0 Å². The molecule has 1 aliphatic rings. The number of nitriles is 1. The molecule has 1 aromatic heterocycles. The summed E-state index contributed by atoms with van der Waals surface area (Å²) in [5, 5.41) is 15.3. The second-order valence-corrected chi connectivity index (χ2v) is 9.02. The van der Waals surface area contributed by atoms with Crippen LogP contribution in [0.15, 0.2) is 48.8 Å². The van der Waals surface area contributed by atoms with Crippen LogP contribution < -0.4 is 20.1 Å². The number of ether oxygens (including phenoxy) is 2. The molecular weight excluding hydrogens is 484 g/mol. The number of anilines is 2. The number of aromatic nitrogens is 2. The van der Waals surface area contributed by atoms with Crippen LogP contribution in [0, 0.1) is 17.2 Å². The van der Waals surface area contributed by atoms with Crippen LogP contribution in [-0.4, -0.2) is 60.5 Å². The Labute approximate surface area is 221 Å². The fourth-order valence-corrected chi connectivity index (χ4v) is 4.36. The number of hydrogen-bond acceptors (Lipinski definition) is 8. The van der Waals surface area contributed by atoms with Crippen LogP contribution in [0.3, 0.4) is 0 Å². The average Bonchev–Trinajstić information content (AvgIpc) is 2.96. The van der Waals surface area contributed by atoms with Crippen molar-refractivity contribution >= 4 is 23.5 Å². The Balaban J connectivity index is 1.42. The van der Waals surface area contributed by atoms with E-state index in [0.29, 0.717) is 46.7 Å². The third-order valence-corrected chi connectivity index (χ3v) is 6.63. The minimum absolute atomic E-state index is 0.0962. The highest BCUT2D eigenvalue weighted by Gasteiger charge is 2.21. The van der Waals surface area contributed by atoms with E-state index in [2.05, 4.69) is 26.7 Å². The summed E-state index contributed by atoms with van der Waals surface area (Å²) < 4.78 is 10.7. The van der Waals surface area contributed by atoms with Gasteiger partial charge in [-0.15, -0.1) is 0 Å². The molecule has 1 fully saturated rings. The Morgan fingerprint density at radius 2 is 1.74 bits per heavy atom. The normalized spacial score (nSPS) is 13.4. The zero-order valence-electron chi connectivity index (χ0n) is 21.7. The van der Waals surface area contributed by atoms with Crippen molar-refractivity contribution in [3.05, 3.63) is 59.9 Å². The van der Waals surface area contributed by atoms with Crippen molar-refractivity contribution in [3.8, 4) is 28.7 Å². The van der Waals surface area contributed by atoms with E-state index in [1.165, 1.54) is 7.11 Å². The second kappa shape index (κ2) is 12.1. The van der Waals surface area contributed by atoms with Crippen LogP contribution in [0.2, 0.25) is 0 Å². The van der Waals surface area contributed by atoms with E-state index in [1.54, 1.807) is 56.8 Å². The third kappa shape index (κ3) is 6.18. The van der Waals surface area contributed by atoms with Gasteiger partial charge in [0.25, 0.3) is 5.91 Å². The molecule has 2 heterocycles. The van der Waals surface area contributed by atoms with Gasteiger partial charge >= 0.3 is 0 Å². The van der Waals surface area contributed by atoms with Crippen LogP contribution in [0.1, 0.15) is 35.7 Å². The molecule has 10 heteroatoms. The first-order valence-corrected chi connectivity index (χ1v) is 12.3. The molecule has 0 radical (unpaired) electrons. The molecule has 0 aliphatic carbocycles. The van der Waals surface area contributed by atoms with E-state index in [-0.39, 0.29) is 11.8 Å². The van der Waals surface area contributed by atoms with Gasteiger partial charge < -0.3 is 25.0 Å². The molecule has 10 nitrogen and oxygen atoms in total. The molecule has 0 bridgehead atoms. The van der Waals surface area contributed by atoms with Crippen LogP contribution in [-0.2, 0) is 4.79 Å². The van der Waals surface area contributed by atoms with E-state index in [4.69, 9.17) is 9.47 Å². The van der Waals surface area contributed by atoms with Crippen LogP contribution in [0.25, 0.3) is 11.1 Å². The first kappa shape index (κ1) is 26.4. The lowest BCUT2D eigenvalue weighted by Crippen LogP contribution is -2.40. The maximum Gasteiger partial charge on any atom is 0.251 e. The smallest absolute Gasteiger partial charge is 0.251 e. The van der Waals surface area contributed by atoms with Gasteiger partial charge in [0.15, 0.2) is 0 Å². The minimum Gasteiger partial charge on any atom is -0.495 e. The number of nitrogens with zero attached hydrogens (tertiary/aromatic N) is 4. The summed E-state index contributed by atoms with van der Waals surface area (Å²) in [6, 6.07) is 12.5. The Hall–Kier alpha value is -4.65. The van der Waals surface area contributed by atoms with E-state index in [0.717, 1.165) is 37.1 Å². The predicted molar refractivity (Wildman–Crippen MR) is 142 cm³/mol. The minimum atomic E-state index is -0.185. The Bertz CT molecular complexity index is 1340. The number of amides is 2. The van der Waals surface area contributed by atoms with E-state index in [1.807, 2.05) is 11.0 Å². The van der Waals surface area contributed by atoms with Crippen LogP contribution >= 0.6 is 0 Å². The maximum atomic E-state index is 12.9. The largest absolute Gasteiger partial charge is 0.495 e. The van der Waals surface area contributed by atoms with Gasteiger partial charge in [0.2, 0.25) is 11.9 Å². The number of piperidine rings is 1. The average molecular weight is 515 g/mol. The molecule has 3 aromatic rings. The molecule has 4 rings (SSSR count). The molecule has 0 saturated carbocycles. The SMILES string of the molecule is COc1cc(-c2cnc(Nc3cc(C(=O)NCC4CCN(C(C)=O)CC4)ccc3OC)nc2)ccc1C#N. The fourth-order valence-electron chi connectivity index (χ4n) is 4.36. The highest BCUT2D eigenvalue weighted by molar-refractivity contribution is 5.95. The summed E-state index contributed by atoms with van der Waals surface area (Å²) >= 11 is 0. The number of methoxy groups -OCH3 is 2. The highest BCUT2D eigenvalue weighted by atomic mass is 16.5. The van der Waals surface area contributed by atoms with Gasteiger partial charge in [0, 0.05) is 50.1 Å². The number of benzene rings is 2. The summed E-state index contributed by atoms with van der Waals surface area (Å²) in [6.45, 7) is 3.60. The Morgan fingerprint density at radius 1 is 1.03 bits per heavy atom. The molecule has 0 unspecified atom stereocenters. The van der Waals surface area contributed by atoms with Gasteiger partial charge in [0.1, 0.15) is 17.6 Å². The van der Waals surface area contributed by atoms with Gasteiger partial charge in [0.05, 0.1) is 25.5 Å². The first-order valence-electron chi connectivity index (χ1n) is 12.3. The van der Waals surface area contributed by atoms with Gasteiger partial charge in [-0.3, -0.25) is 9.59 Å². The lowest BCUT2D eigenvalue weighted by atomic mass is 9.96. The molecule has 1 saturated heterocycles. The summed E-state index contributed by atoms with van der Waals surface area (Å²) in [5.74, 6) is 1.61. The first-order chi connectivity index (χ1) is 18.4. The number of rotatable bonds is 8. The van der Waals surface area contributed by atoms with Gasteiger partial charge in [-0.2, -0.15) is 5.26 Å². The van der Waals surface area contributed by atoms with Gasteiger partial charge in [-0.05, 0) is 54.7 Å². The molecule has 2 N–H and O–H groups in total. The Morgan fingerprint density at radius 3 is 2.37 bits per heavy atom. The summed E-state index contributed by atoms with van der Waals surface area (Å²) in [5.41, 5.74) is 3.06. The maximum absolute atomic E-state index is 12.9. The van der Waals surface area contributed by atoms with Crippen LogP contribution in [0.4, 0.5) is 11.6 Å². The second-order valence-electron chi connectivity index (χ2n) is 9.02. The quantitative estimate of drug-likeness (QED) is 0.465. The molecule has 0 spiro atoms. The molecule has 2 aromatic carbocycles. The van der Waals surface area contributed by atoms with Crippen molar-refractivity contribution < 1.29 is 19.1 Å². The van der Waals surface area contributed by atoms with Crippen molar-refractivity contribution in [2.45, 2.75) is 19.8 Å². The monoisotopic (exact) mass is 514 g/mol. The number of likely N-dealkylation sites (tertiary alicyclic amines) is 1. The molecule has 0 atom stereocenters. The molecule has 196 valence electrons. The predicted octanol–water partition coefficient (Wildman–Crippen LogP) is 3.76. The Kier molecular flexibility index (Phi) is 8.38. The van der Waals surface area contributed by atoms with Gasteiger partial charge in [-0.1, -0.05) is 6.07 Å². The van der Waals surface area contributed by atoms with E-state index < -0.39 is 0 Å². The molecule has 38 heavy (non-hydrogen) atoms. The lowest BCUT2D eigenvalue weighted by molar-refractivity contribution is -0.130. The summed E-state index contributed by atoms with van der Waals surface area (Å²) in [7, 11) is 3.07. The van der Waals surface area contributed by atoms with Crippen molar-refractivity contribution in [2.75, 3.05) is 39.2 Å².